The molecule has 2 aromatic carbocycles. The van der Waals surface area contributed by atoms with Gasteiger partial charge in [0.05, 0.1) is 18.8 Å². The molecule has 0 fully saturated rings. The van der Waals surface area contributed by atoms with E-state index in [1.165, 1.54) is 10.7 Å². The van der Waals surface area contributed by atoms with Crippen LogP contribution in [-0.4, -0.2) is 40.5 Å². The van der Waals surface area contributed by atoms with Crippen LogP contribution in [0.25, 0.3) is 11.3 Å². The van der Waals surface area contributed by atoms with Crippen molar-refractivity contribution in [2.45, 2.75) is 59.2 Å². The van der Waals surface area contributed by atoms with Gasteiger partial charge in [0.1, 0.15) is 5.60 Å². The maximum Gasteiger partial charge on any atom is 0.407 e. The summed E-state index contributed by atoms with van der Waals surface area (Å²) in [5, 5.41) is 13.2. The van der Waals surface area contributed by atoms with Crippen LogP contribution in [0.15, 0.2) is 77.9 Å². The van der Waals surface area contributed by atoms with E-state index in [0.29, 0.717) is 50.7 Å². The van der Waals surface area contributed by atoms with Crippen LogP contribution in [0, 0.1) is 0 Å². The zero-order valence-corrected chi connectivity index (χ0v) is 24.2. The molecule has 41 heavy (non-hydrogen) atoms. The predicted octanol–water partition coefficient (Wildman–Crippen LogP) is 4.80. The van der Waals surface area contributed by atoms with Crippen molar-refractivity contribution in [1.82, 2.24) is 20.4 Å². The van der Waals surface area contributed by atoms with Gasteiger partial charge in [-0.25, -0.2) is 9.48 Å². The Morgan fingerprint density at radius 2 is 1.76 bits per heavy atom. The first-order chi connectivity index (χ1) is 19.5. The number of alkyl carbamates (subject to hydrolysis) is 1. The number of anilines is 1. The maximum absolute atomic E-state index is 12.5. The smallest absolute Gasteiger partial charge is 0.407 e. The van der Waals surface area contributed by atoms with Crippen LogP contribution in [0.1, 0.15) is 51.7 Å². The van der Waals surface area contributed by atoms with E-state index in [1.54, 1.807) is 26.8 Å². The van der Waals surface area contributed by atoms with E-state index in [0.717, 1.165) is 22.4 Å². The SMILES string of the molecule is C=C(Nc1cccc(Cn2nc(-c3ccc(CNC(=O)CCCNC(=O)OC(C)(C)C)cc3)ccc2=O)c1)OCC. The van der Waals surface area contributed by atoms with Gasteiger partial charge in [0.25, 0.3) is 5.56 Å². The van der Waals surface area contributed by atoms with E-state index >= 15 is 0 Å². The third kappa shape index (κ3) is 10.8. The van der Waals surface area contributed by atoms with Gasteiger partial charge in [0.15, 0.2) is 5.88 Å². The Morgan fingerprint density at radius 1 is 1.00 bits per heavy atom. The number of hydrogen-bond acceptors (Lipinski definition) is 7. The van der Waals surface area contributed by atoms with Crippen molar-refractivity contribution >= 4 is 17.7 Å². The molecule has 0 saturated carbocycles. The van der Waals surface area contributed by atoms with Gasteiger partial charge in [-0.2, -0.15) is 5.10 Å². The highest BCUT2D eigenvalue weighted by molar-refractivity contribution is 5.76. The molecule has 0 atom stereocenters. The second-order valence-electron chi connectivity index (χ2n) is 10.4. The lowest BCUT2D eigenvalue weighted by Gasteiger charge is -2.19. The molecule has 3 N–H and O–H groups in total. The first-order valence-electron chi connectivity index (χ1n) is 13.6. The fourth-order valence-corrected chi connectivity index (χ4v) is 3.84. The second-order valence-corrected chi connectivity index (χ2v) is 10.4. The molecule has 0 aliphatic carbocycles. The Balaban J connectivity index is 1.52. The van der Waals surface area contributed by atoms with Crippen LogP contribution in [0.2, 0.25) is 0 Å². The summed E-state index contributed by atoms with van der Waals surface area (Å²) in [6, 6.07) is 18.5. The van der Waals surface area contributed by atoms with Crippen LogP contribution in [0.4, 0.5) is 10.5 Å². The van der Waals surface area contributed by atoms with Crippen LogP contribution >= 0.6 is 0 Å². The standard InChI is InChI=1S/C31H39N5O5/c1-6-40-22(2)34-26-10-7-9-24(19-26)21-36-29(38)17-16-27(35-36)25-14-12-23(13-15-25)20-33-28(37)11-8-18-32-30(39)41-31(3,4)5/h7,9-10,12-17,19,34H,2,6,8,11,18,20-21H2,1,3-5H3,(H,32,39)(H,33,37). The summed E-state index contributed by atoms with van der Waals surface area (Å²) in [6.45, 7) is 12.7. The minimum absolute atomic E-state index is 0.102. The number of hydrogen-bond donors (Lipinski definition) is 3. The summed E-state index contributed by atoms with van der Waals surface area (Å²) in [5.74, 6) is 0.354. The topological polar surface area (TPSA) is 124 Å². The minimum Gasteiger partial charge on any atom is -0.480 e. The molecule has 2 amide bonds. The number of nitrogens with one attached hydrogen (secondary N) is 3. The van der Waals surface area contributed by atoms with Gasteiger partial charge >= 0.3 is 6.09 Å². The third-order valence-corrected chi connectivity index (χ3v) is 5.72. The van der Waals surface area contributed by atoms with Crippen molar-refractivity contribution in [3.63, 3.8) is 0 Å². The molecule has 0 saturated heterocycles. The second kappa shape index (κ2) is 14.7. The Bertz CT molecular complexity index is 1390. The molecule has 0 aliphatic rings. The first kappa shape index (κ1) is 30.9. The molecular formula is C31H39N5O5. The van der Waals surface area contributed by atoms with Crippen molar-refractivity contribution in [2.75, 3.05) is 18.5 Å². The number of benzene rings is 2. The van der Waals surface area contributed by atoms with E-state index in [9.17, 15) is 14.4 Å². The van der Waals surface area contributed by atoms with Crippen molar-refractivity contribution < 1.29 is 19.1 Å². The van der Waals surface area contributed by atoms with Gasteiger partial charge < -0.3 is 25.4 Å². The Morgan fingerprint density at radius 3 is 2.46 bits per heavy atom. The highest BCUT2D eigenvalue weighted by Crippen LogP contribution is 2.18. The third-order valence-electron chi connectivity index (χ3n) is 5.72. The van der Waals surface area contributed by atoms with E-state index in [1.807, 2.05) is 55.5 Å². The molecule has 3 aromatic rings. The van der Waals surface area contributed by atoms with Gasteiger partial charge in [-0.05, 0) is 70.0 Å². The molecule has 10 nitrogen and oxygen atoms in total. The molecule has 0 unspecified atom stereocenters. The fourth-order valence-electron chi connectivity index (χ4n) is 3.84. The number of ether oxygens (including phenoxy) is 2. The lowest BCUT2D eigenvalue weighted by Crippen LogP contribution is -2.33. The Kier molecular flexibility index (Phi) is 11.1. The summed E-state index contributed by atoms with van der Waals surface area (Å²) in [5.41, 5.74) is 3.40. The van der Waals surface area contributed by atoms with Crippen molar-refractivity contribution in [1.29, 1.82) is 0 Å². The largest absolute Gasteiger partial charge is 0.480 e. The zero-order chi connectivity index (χ0) is 29.8. The monoisotopic (exact) mass is 561 g/mol. The average Bonchev–Trinajstić information content (AvgIpc) is 2.91. The molecule has 1 aromatic heterocycles. The van der Waals surface area contributed by atoms with Gasteiger partial charge in [-0.1, -0.05) is 36.4 Å². The molecule has 0 spiro atoms. The lowest BCUT2D eigenvalue weighted by molar-refractivity contribution is -0.121. The van der Waals surface area contributed by atoms with Gasteiger partial charge in [-0.15, -0.1) is 0 Å². The maximum atomic E-state index is 12.5. The van der Waals surface area contributed by atoms with Gasteiger partial charge in [0.2, 0.25) is 5.91 Å². The number of carbonyl (C=O) groups is 2. The molecular weight excluding hydrogens is 522 g/mol. The van der Waals surface area contributed by atoms with Crippen molar-refractivity contribution in [3.8, 4) is 11.3 Å². The summed E-state index contributed by atoms with van der Waals surface area (Å²) >= 11 is 0. The number of aromatic nitrogens is 2. The number of rotatable bonds is 13. The van der Waals surface area contributed by atoms with E-state index < -0.39 is 11.7 Å². The van der Waals surface area contributed by atoms with E-state index in [-0.39, 0.29) is 11.5 Å². The van der Waals surface area contributed by atoms with Crippen LogP contribution in [-0.2, 0) is 27.4 Å². The average molecular weight is 562 g/mol. The molecule has 218 valence electrons. The summed E-state index contributed by atoms with van der Waals surface area (Å²) < 4.78 is 12.0. The molecule has 0 radical (unpaired) electrons. The predicted molar refractivity (Wildman–Crippen MR) is 159 cm³/mol. The summed E-state index contributed by atoms with van der Waals surface area (Å²) in [4.78, 5) is 36.4. The molecule has 3 rings (SSSR count). The minimum atomic E-state index is -0.557. The van der Waals surface area contributed by atoms with Crippen LogP contribution in [0.5, 0.6) is 0 Å². The van der Waals surface area contributed by atoms with Crippen LogP contribution in [0.3, 0.4) is 0 Å². The normalized spacial score (nSPS) is 10.9. The summed E-state index contributed by atoms with van der Waals surface area (Å²) in [7, 11) is 0. The Hall–Kier alpha value is -4.60. The molecule has 0 aliphatic heterocycles. The molecule has 1 heterocycles. The number of nitrogens with zero attached hydrogens (tertiary/aromatic N) is 2. The van der Waals surface area contributed by atoms with E-state index in [2.05, 4.69) is 27.6 Å². The van der Waals surface area contributed by atoms with Gasteiger partial charge in [-0.3, -0.25) is 9.59 Å². The Labute approximate surface area is 240 Å². The van der Waals surface area contributed by atoms with Crippen LogP contribution < -0.4 is 21.5 Å². The number of carbonyl (C=O) groups excluding carboxylic acids is 2. The van der Waals surface area contributed by atoms with Gasteiger partial charge in [0, 0.05) is 36.8 Å². The molecule has 10 heteroatoms. The van der Waals surface area contributed by atoms with E-state index in [4.69, 9.17) is 9.47 Å². The highest BCUT2D eigenvalue weighted by atomic mass is 16.6. The quantitative estimate of drug-likeness (QED) is 0.202. The zero-order valence-electron chi connectivity index (χ0n) is 24.2. The van der Waals surface area contributed by atoms with Crippen molar-refractivity contribution in [2.24, 2.45) is 0 Å². The lowest BCUT2D eigenvalue weighted by atomic mass is 10.1. The molecule has 0 bridgehead atoms. The van der Waals surface area contributed by atoms with Crippen molar-refractivity contribution in [3.05, 3.63) is 94.6 Å². The highest BCUT2D eigenvalue weighted by Gasteiger charge is 2.15. The first-order valence-corrected chi connectivity index (χ1v) is 13.6. The fraction of sp³-hybridized carbons (Fsp3) is 0.355. The summed E-state index contributed by atoms with van der Waals surface area (Å²) in [6.07, 6.45) is 0.309. The number of amides is 2.